The SMILES string of the molecule is O=C1CCC(C(=O)N(C[C@@H]2CCCO2)[C@@H]2CCS(=O)(=O)C2)=NN1c1c(F)c(F)cc(F)c1F. The second kappa shape index (κ2) is 9.01. The number of halogens is 4. The largest absolute Gasteiger partial charge is 0.376 e. The van der Waals surface area contributed by atoms with Crippen molar-refractivity contribution in [3.8, 4) is 0 Å². The minimum absolute atomic E-state index is 0.00222. The molecule has 0 bridgehead atoms. The summed E-state index contributed by atoms with van der Waals surface area (Å²) < 4.78 is 85.4. The minimum Gasteiger partial charge on any atom is -0.376 e. The molecule has 13 heteroatoms. The topological polar surface area (TPSA) is 96.3 Å². The Hall–Kier alpha value is -2.54. The van der Waals surface area contributed by atoms with Gasteiger partial charge in [0.05, 0.1) is 17.6 Å². The Morgan fingerprint density at radius 2 is 1.85 bits per heavy atom. The van der Waals surface area contributed by atoms with Crippen LogP contribution in [0.2, 0.25) is 0 Å². The molecule has 0 N–H and O–H groups in total. The number of hydrogen-bond acceptors (Lipinski definition) is 6. The molecule has 2 amide bonds. The van der Waals surface area contributed by atoms with Gasteiger partial charge >= 0.3 is 0 Å². The average Bonchev–Trinajstić information content (AvgIpc) is 3.40. The summed E-state index contributed by atoms with van der Waals surface area (Å²) in [7, 11) is -3.34. The quantitative estimate of drug-likeness (QED) is 0.463. The fourth-order valence-corrected chi connectivity index (χ4v) is 5.95. The summed E-state index contributed by atoms with van der Waals surface area (Å²) in [6.45, 7) is 0.589. The van der Waals surface area contributed by atoms with E-state index in [2.05, 4.69) is 5.10 Å². The van der Waals surface area contributed by atoms with Gasteiger partial charge in [-0.1, -0.05) is 0 Å². The average molecular weight is 491 g/mol. The zero-order valence-corrected chi connectivity index (χ0v) is 18.2. The molecule has 3 aliphatic rings. The molecule has 3 heterocycles. The third-order valence-corrected chi connectivity index (χ3v) is 7.66. The highest BCUT2D eigenvalue weighted by Gasteiger charge is 2.39. The summed E-state index contributed by atoms with van der Waals surface area (Å²) in [5.74, 6) is -9.10. The van der Waals surface area contributed by atoms with Crippen LogP contribution in [-0.4, -0.2) is 67.6 Å². The molecular formula is C20H21F4N3O5S. The number of anilines is 1. The highest BCUT2D eigenvalue weighted by Crippen LogP contribution is 2.31. The van der Waals surface area contributed by atoms with Gasteiger partial charge in [-0.15, -0.1) is 0 Å². The van der Waals surface area contributed by atoms with Gasteiger partial charge in [-0.2, -0.15) is 10.1 Å². The van der Waals surface area contributed by atoms with Gasteiger partial charge in [0.15, 0.2) is 33.1 Å². The number of hydrazone groups is 1. The van der Waals surface area contributed by atoms with E-state index >= 15 is 0 Å². The maximum absolute atomic E-state index is 14.3. The zero-order chi connectivity index (χ0) is 23.9. The lowest BCUT2D eigenvalue weighted by Crippen LogP contribution is -2.49. The monoisotopic (exact) mass is 491 g/mol. The maximum atomic E-state index is 14.3. The summed E-state index contributed by atoms with van der Waals surface area (Å²) in [5, 5.41) is 3.90. The Balaban J connectivity index is 1.68. The number of carbonyl (C=O) groups is 2. The Kier molecular flexibility index (Phi) is 6.45. The number of hydrogen-bond donors (Lipinski definition) is 0. The molecule has 0 saturated carbocycles. The summed E-state index contributed by atoms with van der Waals surface area (Å²) in [6.07, 6.45) is 0.762. The van der Waals surface area contributed by atoms with E-state index in [1.165, 1.54) is 4.90 Å². The molecule has 1 aromatic rings. The van der Waals surface area contributed by atoms with E-state index in [4.69, 9.17) is 4.74 Å². The van der Waals surface area contributed by atoms with Crippen LogP contribution in [0.1, 0.15) is 32.1 Å². The first-order valence-electron chi connectivity index (χ1n) is 10.4. The molecule has 0 unspecified atom stereocenters. The molecule has 2 fully saturated rings. The Morgan fingerprint density at radius 3 is 2.42 bits per heavy atom. The van der Waals surface area contributed by atoms with E-state index in [-0.39, 0.29) is 53.8 Å². The van der Waals surface area contributed by atoms with Gasteiger partial charge in [0, 0.05) is 38.1 Å². The van der Waals surface area contributed by atoms with Crippen LogP contribution in [0.3, 0.4) is 0 Å². The number of ether oxygens (including phenoxy) is 1. The molecule has 0 radical (unpaired) electrons. The number of amides is 2. The van der Waals surface area contributed by atoms with Crippen molar-refractivity contribution in [2.75, 3.05) is 29.7 Å². The second-order valence-electron chi connectivity index (χ2n) is 8.22. The van der Waals surface area contributed by atoms with Gasteiger partial charge in [0.25, 0.3) is 5.91 Å². The summed E-state index contributed by atoms with van der Waals surface area (Å²) in [5.41, 5.74) is -1.63. The number of nitrogens with zero attached hydrogens (tertiary/aromatic N) is 3. The minimum atomic E-state index is -3.34. The van der Waals surface area contributed by atoms with E-state index in [9.17, 15) is 35.6 Å². The van der Waals surface area contributed by atoms with Crippen molar-refractivity contribution in [2.24, 2.45) is 5.10 Å². The van der Waals surface area contributed by atoms with Gasteiger partial charge in [-0.3, -0.25) is 9.59 Å². The number of benzene rings is 1. The lowest BCUT2D eigenvalue weighted by Gasteiger charge is -2.32. The first-order chi connectivity index (χ1) is 15.6. The predicted molar refractivity (Wildman–Crippen MR) is 108 cm³/mol. The van der Waals surface area contributed by atoms with Crippen molar-refractivity contribution in [1.82, 2.24) is 4.90 Å². The molecule has 180 valence electrons. The van der Waals surface area contributed by atoms with Crippen LogP contribution in [0.4, 0.5) is 23.2 Å². The Labute approximate surface area is 187 Å². The van der Waals surface area contributed by atoms with E-state index in [0.29, 0.717) is 13.0 Å². The summed E-state index contributed by atoms with van der Waals surface area (Å²) in [4.78, 5) is 27.0. The standard InChI is InChI=1S/C20H21F4N3O5S/c21-13-8-14(22)18(24)19(17(13)23)27-16(28)4-3-15(25-27)20(29)26(9-12-2-1-6-32-12)11-5-7-33(30,31)10-11/h8,11-12H,1-7,9-10H2/t11-,12+/m1/s1. The molecule has 8 nitrogen and oxygen atoms in total. The fourth-order valence-electron chi connectivity index (χ4n) is 4.22. The van der Waals surface area contributed by atoms with Crippen LogP contribution >= 0.6 is 0 Å². The highest BCUT2D eigenvalue weighted by molar-refractivity contribution is 7.91. The molecule has 0 aromatic heterocycles. The maximum Gasteiger partial charge on any atom is 0.270 e. The van der Waals surface area contributed by atoms with Gasteiger partial charge in [0.2, 0.25) is 5.91 Å². The highest BCUT2D eigenvalue weighted by atomic mass is 32.2. The first-order valence-corrected chi connectivity index (χ1v) is 12.3. The van der Waals surface area contributed by atoms with Crippen LogP contribution in [0.5, 0.6) is 0 Å². The zero-order valence-electron chi connectivity index (χ0n) is 17.4. The summed E-state index contributed by atoms with van der Waals surface area (Å²) >= 11 is 0. The Bertz CT molecular complexity index is 1090. The van der Waals surface area contributed by atoms with E-state index in [1.807, 2.05) is 0 Å². The fraction of sp³-hybridized carbons (Fsp3) is 0.550. The van der Waals surface area contributed by atoms with Crippen molar-refractivity contribution in [3.05, 3.63) is 29.3 Å². The molecule has 1 aromatic carbocycles. The lowest BCUT2D eigenvalue weighted by molar-refractivity contribution is -0.127. The third kappa shape index (κ3) is 4.74. The molecule has 2 atom stereocenters. The van der Waals surface area contributed by atoms with Gasteiger partial charge in [-0.05, 0) is 19.3 Å². The van der Waals surface area contributed by atoms with Crippen molar-refractivity contribution in [3.63, 3.8) is 0 Å². The first kappa shape index (κ1) is 23.6. The van der Waals surface area contributed by atoms with Gasteiger partial charge in [-0.25, -0.2) is 26.0 Å². The van der Waals surface area contributed by atoms with Crippen molar-refractivity contribution in [1.29, 1.82) is 0 Å². The predicted octanol–water partition coefficient (Wildman–Crippen LogP) is 1.92. The van der Waals surface area contributed by atoms with Crippen LogP contribution in [0.25, 0.3) is 0 Å². The van der Waals surface area contributed by atoms with E-state index in [1.54, 1.807) is 0 Å². The van der Waals surface area contributed by atoms with Gasteiger partial charge in [0.1, 0.15) is 11.4 Å². The van der Waals surface area contributed by atoms with Crippen LogP contribution in [0.15, 0.2) is 11.2 Å². The van der Waals surface area contributed by atoms with Gasteiger partial charge < -0.3 is 9.64 Å². The van der Waals surface area contributed by atoms with Crippen LogP contribution in [-0.2, 0) is 24.2 Å². The number of rotatable bonds is 5. The number of sulfone groups is 1. The smallest absolute Gasteiger partial charge is 0.270 e. The van der Waals surface area contributed by atoms with Crippen molar-refractivity contribution >= 4 is 33.1 Å². The summed E-state index contributed by atoms with van der Waals surface area (Å²) in [6, 6.07) is -0.650. The molecule has 3 aliphatic heterocycles. The molecule has 0 spiro atoms. The van der Waals surface area contributed by atoms with E-state index < -0.39 is 63.1 Å². The second-order valence-corrected chi connectivity index (χ2v) is 10.4. The van der Waals surface area contributed by atoms with Crippen LogP contribution < -0.4 is 5.01 Å². The van der Waals surface area contributed by atoms with Crippen molar-refractivity contribution < 1.29 is 40.3 Å². The third-order valence-electron chi connectivity index (χ3n) is 5.91. The molecule has 33 heavy (non-hydrogen) atoms. The molecular weight excluding hydrogens is 470 g/mol. The molecule has 0 aliphatic carbocycles. The normalized spacial score (nSPS) is 24.8. The van der Waals surface area contributed by atoms with Crippen molar-refractivity contribution in [2.45, 2.75) is 44.2 Å². The van der Waals surface area contributed by atoms with E-state index in [0.717, 1.165) is 6.42 Å². The molecule has 4 rings (SSSR count). The molecule has 2 saturated heterocycles. The lowest BCUT2D eigenvalue weighted by atomic mass is 10.1. The number of carbonyl (C=O) groups excluding carboxylic acids is 2. The van der Waals surface area contributed by atoms with Crippen LogP contribution in [0, 0.1) is 23.3 Å². The Morgan fingerprint density at radius 1 is 1.15 bits per heavy atom.